The molecule has 0 aliphatic carbocycles. The summed E-state index contributed by atoms with van der Waals surface area (Å²) in [6.07, 6.45) is 6.44. The highest BCUT2D eigenvalue weighted by Gasteiger charge is 2.18. The zero-order valence-corrected chi connectivity index (χ0v) is 21.2. The number of H-pyrrole nitrogens is 1. The molecule has 2 N–H and O–H groups in total. The lowest BCUT2D eigenvalue weighted by molar-refractivity contribution is 0.0952. The van der Waals surface area contributed by atoms with Gasteiger partial charge in [0.15, 0.2) is 5.58 Å². The van der Waals surface area contributed by atoms with Crippen molar-refractivity contribution in [2.24, 2.45) is 0 Å². The van der Waals surface area contributed by atoms with E-state index in [9.17, 15) is 9.59 Å². The van der Waals surface area contributed by atoms with Crippen molar-refractivity contribution < 1.29 is 9.21 Å². The van der Waals surface area contributed by atoms with Crippen molar-refractivity contribution in [3.05, 3.63) is 74.7 Å². The number of aromatic amines is 1. The molecule has 0 unspecified atom stereocenters. The van der Waals surface area contributed by atoms with Gasteiger partial charge in [-0.05, 0) is 69.5 Å². The van der Waals surface area contributed by atoms with Gasteiger partial charge < -0.3 is 14.6 Å². The summed E-state index contributed by atoms with van der Waals surface area (Å²) in [5.41, 5.74) is 4.89. The zero-order chi connectivity index (χ0) is 24.8. The summed E-state index contributed by atoms with van der Waals surface area (Å²) in [5, 5.41) is 3.79. The minimum Gasteiger partial charge on any atom is -0.408 e. The minimum atomic E-state index is -0.511. The Labute approximate surface area is 210 Å². The number of carbonyl (C=O) groups excluding carboxylic acids is 1. The highest BCUT2D eigenvalue weighted by Crippen LogP contribution is 2.25. The number of hydrogen-bond donors (Lipinski definition) is 2. The van der Waals surface area contributed by atoms with Gasteiger partial charge in [-0.2, -0.15) is 0 Å². The lowest BCUT2D eigenvalue weighted by Gasteiger charge is -2.37. The number of nitrogens with zero attached hydrogens (tertiary/aromatic N) is 2. The molecule has 0 saturated carbocycles. The predicted molar refractivity (Wildman–Crippen MR) is 142 cm³/mol. The maximum atomic E-state index is 12.7. The molecule has 1 aliphatic rings. The Morgan fingerprint density at radius 3 is 2.74 bits per heavy atom. The van der Waals surface area contributed by atoms with Crippen molar-refractivity contribution in [1.82, 2.24) is 15.2 Å². The van der Waals surface area contributed by atoms with E-state index in [0.717, 1.165) is 56.2 Å². The molecular formula is C27H33ClN4O3. The molecule has 0 bridgehead atoms. The van der Waals surface area contributed by atoms with E-state index in [0.29, 0.717) is 29.6 Å². The van der Waals surface area contributed by atoms with Crippen LogP contribution in [-0.4, -0.2) is 55.1 Å². The lowest BCUT2D eigenvalue weighted by atomic mass is 10.1. The maximum Gasteiger partial charge on any atom is 0.417 e. The van der Waals surface area contributed by atoms with Crippen molar-refractivity contribution in [3.8, 4) is 0 Å². The first-order valence-electron chi connectivity index (χ1n) is 12.2. The summed E-state index contributed by atoms with van der Waals surface area (Å²) in [4.78, 5) is 31.9. The number of carbonyl (C=O) groups is 1. The van der Waals surface area contributed by atoms with Gasteiger partial charge in [-0.15, -0.1) is 0 Å². The molecule has 3 aromatic rings. The number of unbranched alkanes of at least 4 members (excludes halogenated alkanes) is 1. The number of halogens is 1. The molecule has 35 heavy (non-hydrogen) atoms. The minimum absolute atomic E-state index is 0.138. The molecule has 2 aromatic carbocycles. The molecule has 0 radical (unpaired) electrons. The summed E-state index contributed by atoms with van der Waals surface area (Å²) in [7, 11) is 0. The third kappa shape index (κ3) is 6.35. The highest BCUT2D eigenvalue weighted by molar-refractivity contribution is 6.30. The van der Waals surface area contributed by atoms with Crippen molar-refractivity contribution in [2.75, 3.05) is 44.2 Å². The Kier molecular flexibility index (Phi) is 8.31. The van der Waals surface area contributed by atoms with E-state index in [1.807, 2.05) is 25.1 Å². The average molecular weight is 497 g/mol. The number of allylic oxidation sites excluding steroid dienone is 2. The van der Waals surface area contributed by atoms with Crippen molar-refractivity contribution in [3.63, 3.8) is 0 Å². The Hall–Kier alpha value is -3.03. The molecule has 7 nitrogen and oxygen atoms in total. The van der Waals surface area contributed by atoms with E-state index in [2.05, 4.69) is 39.2 Å². The monoisotopic (exact) mass is 496 g/mol. The van der Waals surface area contributed by atoms with Crippen LogP contribution < -0.4 is 16.0 Å². The normalized spacial score (nSPS) is 14.8. The molecule has 8 heteroatoms. The van der Waals surface area contributed by atoms with Crippen LogP contribution in [0.15, 0.2) is 51.7 Å². The number of anilines is 1. The fraction of sp³-hybridized carbons (Fsp3) is 0.407. The molecule has 186 valence electrons. The number of amides is 1. The number of piperazine rings is 1. The van der Waals surface area contributed by atoms with Gasteiger partial charge in [0.1, 0.15) is 0 Å². The van der Waals surface area contributed by atoms with Crippen LogP contribution in [0.4, 0.5) is 5.69 Å². The quantitative estimate of drug-likeness (QED) is 0.336. The fourth-order valence-corrected chi connectivity index (χ4v) is 4.72. The van der Waals surface area contributed by atoms with E-state index in [4.69, 9.17) is 16.0 Å². The molecule has 1 fully saturated rings. The summed E-state index contributed by atoms with van der Waals surface area (Å²) in [5.74, 6) is -0.649. The molecule has 4 rings (SSSR count). The van der Waals surface area contributed by atoms with E-state index < -0.39 is 5.76 Å². The van der Waals surface area contributed by atoms with Gasteiger partial charge in [0, 0.05) is 54.6 Å². The van der Waals surface area contributed by atoms with Crippen molar-refractivity contribution in [1.29, 1.82) is 0 Å². The number of oxazole rings is 1. The summed E-state index contributed by atoms with van der Waals surface area (Å²) in [6, 6.07) is 9.55. The third-order valence-electron chi connectivity index (χ3n) is 6.50. The van der Waals surface area contributed by atoms with Crippen molar-refractivity contribution in [2.45, 2.75) is 33.1 Å². The largest absolute Gasteiger partial charge is 0.417 e. The smallest absolute Gasteiger partial charge is 0.408 e. The number of benzene rings is 2. The first kappa shape index (κ1) is 25.1. The predicted octanol–water partition coefficient (Wildman–Crippen LogP) is 4.53. The molecule has 2 heterocycles. The number of rotatable bonds is 9. The Morgan fingerprint density at radius 1 is 1.17 bits per heavy atom. The number of fused-ring (bicyclic) bond motifs is 1. The first-order valence-corrected chi connectivity index (χ1v) is 12.6. The SMILES string of the molecule is C/C=C\Cc1cc(C(=O)NCCCCN2CCN(c3cc(Cl)ccc3C)CC2)cc2[nH]c(=O)oc12. The van der Waals surface area contributed by atoms with Crippen LogP contribution in [0.5, 0.6) is 0 Å². The fourth-order valence-electron chi connectivity index (χ4n) is 4.56. The second kappa shape index (κ2) is 11.6. The molecule has 1 saturated heterocycles. The van der Waals surface area contributed by atoms with Gasteiger partial charge >= 0.3 is 5.76 Å². The van der Waals surface area contributed by atoms with Crippen LogP contribution in [0.25, 0.3) is 11.1 Å². The third-order valence-corrected chi connectivity index (χ3v) is 6.74. The summed E-state index contributed by atoms with van der Waals surface area (Å²) >= 11 is 6.19. The lowest BCUT2D eigenvalue weighted by Crippen LogP contribution is -2.46. The van der Waals surface area contributed by atoms with E-state index in [-0.39, 0.29) is 5.91 Å². The maximum absolute atomic E-state index is 12.7. The van der Waals surface area contributed by atoms with E-state index in [1.165, 1.54) is 11.3 Å². The van der Waals surface area contributed by atoms with E-state index >= 15 is 0 Å². The number of hydrogen-bond acceptors (Lipinski definition) is 5. The Morgan fingerprint density at radius 2 is 1.97 bits per heavy atom. The van der Waals surface area contributed by atoms with Crippen molar-refractivity contribution >= 4 is 34.3 Å². The molecular weight excluding hydrogens is 464 g/mol. The van der Waals surface area contributed by atoms with Crippen LogP contribution in [0, 0.1) is 6.92 Å². The zero-order valence-electron chi connectivity index (χ0n) is 20.4. The standard InChI is InChI=1S/C27H33ClN4O3/c1-3-4-7-20-16-21(17-23-25(20)35-27(34)30-23)26(33)29-10-5-6-11-31-12-14-32(15-13-31)24-18-22(28)9-8-19(24)2/h3-4,8-9,16-18H,5-7,10-15H2,1-2H3,(H,29,33)(H,30,34)/b4-3-. The second-order valence-corrected chi connectivity index (χ2v) is 9.46. The van der Waals surface area contributed by atoms with Crippen LogP contribution in [-0.2, 0) is 6.42 Å². The number of aromatic nitrogens is 1. The topological polar surface area (TPSA) is 81.6 Å². The molecule has 0 atom stereocenters. The van der Waals surface area contributed by atoms with Crippen LogP contribution >= 0.6 is 11.6 Å². The number of aryl methyl sites for hydroxylation is 1. The van der Waals surface area contributed by atoms with Gasteiger partial charge in [0.2, 0.25) is 0 Å². The number of nitrogens with one attached hydrogen (secondary N) is 2. The first-order chi connectivity index (χ1) is 16.9. The Bertz CT molecular complexity index is 1260. The van der Waals surface area contributed by atoms with Crippen LogP contribution in [0.1, 0.15) is 41.3 Å². The summed E-state index contributed by atoms with van der Waals surface area (Å²) in [6.45, 7) is 9.73. The highest BCUT2D eigenvalue weighted by atomic mass is 35.5. The molecule has 0 spiro atoms. The van der Waals surface area contributed by atoms with Gasteiger partial charge in [-0.3, -0.25) is 14.7 Å². The van der Waals surface area contributed by atoms with Gasteiger partial charge in [-0.1, -0.05) is 29.8 Å². The van der Waals surface area contributed by atoms with E-state index in [1.54, 1.807) is 12.1 Å². The molecule has 1 aliphatic heterocycles. The van der Waals surface area contributed by atoms with Crippen LogP contribution in [0.2, 0.25) is 5.02 Å². The average Bonchev–Trinajstić information content (AvgIpc) is 3.24. The molecule has 1 amide bonds. The van der Waals surface area contributed by atoms with Gasteiger partial charge in [0.05, 0.1) is 5.52 Å². The summed E-state index contributed by atoms with van der Waals surface area (Å²) < 4.78 is 5.25. The molecule has 1 aromatic heterocycles. The van der Waals surface area contributed by atoms with Crippen LogP contribution in [0.3, 0.4) is 0 Å². The van der Waals surface area contributed by atoms with Gasteiger partial charge in [-0.25, -0.2) is 4.79 Å². The Balaban J connectivity index is 1.22. The van der Waals surface area contributed by atoms with Gasteiger partial charge in [0.25, 0.3) is 5.91 Å². The second-order valence-electron chi connectivity index (χ2n) is 9.02.